The van der Waals surface area contributed by atoms with Gasteiger partial charge in [0.25, 0.3) is 0 Å². The molecule has 2 aromatic rings. The Hall–Kier alpha value is -2.03. The van der Waals surface area contributed by atoms with Crippen molar-refractivity contribution >= 4 is 16.8 Å². The van der Waals surface area contributed by atoms with E-state index in [1.807, 2.05) is 19.1 Å². The molecule has 0 atom stereocenters. The average molecular weight is 439 g/mol. The highest BCUT2D eigenvalue weighted by Crippen LogP contribution is 2.22. The molecule has 3 nitrogen and oxygen atoms in total. The van der Waals surface area contributed by atoms with Crippen LogP contribution in [0, 0.1) is 6.92 Å². The van der Waals surface area contributed by atoms with Crippen molar-refractivity contribution in [2.75, 3.05) is 6.54 Å². The first-order valence-electron chi connectivity index (χ1n) is 13.2. The van der Waals surface area contributed by atoms with Gasteiger partial charge in [-0.2, -0.15) is 0 Å². The quantitative estimate of drug-likeness (QED) is 0.179. The van der Waals surface area contributed by atoms with Crippen molar-refractivity contribution in [3.63, 3.8) is 0 Å². The number of carbonyl (C=O) groups excluding carboxylic acids is 1. The van der Waals surface area contributed by atoms with Crippen molar-refractivity contribution in [3.8, 4) is 0 Å². The summed E-state index contributed by atoms with van der Waals surface area (Å²) in [6.07, 6.45) is 23.6. The summed E-state index contributed by atoms with van der Waals surface area (Å²) in [5.74, 6) is 0.130. The minimum absolute atomic E-state index is 0.130. The highest BCUT2D eigenvalue weighted by Gasteiger charge is 2.11. The lowest BCUT2D eigenvalue weighted by Gasteiger charge is -2.06. The van der Waals surface area contributed by atoms with Crippen molar-refractivity contribution in [1.82, 2.24) is 10.3 Å². The Bertz CT molecular complexity index is 790. The second-order valence-corrected chi connectivity index (χ2v) is 9.24. The molecule has 0 saturated heterocycles. The van der Waals surface area contributed by atoms with E-state index < -0.39 is 0 Å². The molecule has 0 unspecified atom stereocenters. The van der Waals surface area contributed by atoms with E-state index in [4.69, 9.17) is 0 Å². The number of aryl methyl sites for hydroxylation is 1. The lowest BCUT2D eigenvalue weighted by molar-refractivity contribution is -0.120. The molecule has 0 aliphatic carbocycles. The Balaban J connectivity index is 1.40. The Kier molecular flexibility index (Phi) is 13.6. The number of benzene rings is 1. The average Bonchev–Trinajstić information content (AvgIpc) is 3.11. The van der Waals surface area contributed by atoms with Gasteiger partial charge >= 0.3 is 0 Å². The molecule has 3 heteroatoms. The molecule has 0 aliphatic rings. The molecule has 0 bridgehead atoms. The largest absolute Gasteiger partial charge is 0.358 e. The predicted octanol–water partition coefficient (Wildman–Crippen LogP) is 8.17. The van der Waals surface area contributed by atoms with Crippen molar-refractivity contribution in [2.24, 2.45) is 0 Å². The topological polar surface area (TPSA) is 44.9 Å². The maximum Gasteiger partial charge on any atom is 0.224 e. The summed E-state index contributed by atoms with van der Waals surface area (Å²) >= 11 is 0. The van der Waals surface area contributed by atoms with E-state index in [1.54, 1.807) is 0 Å². The van der Waals surface area contributed by atoms with E-state index in [0.717, 1.165) is 35.1 Å². The fraction of sp³-hybridized carbons (Fsp3) is 0.621. The smallest absolute Gasteiger partial charge is 0.224 e. The molecular formula is C29H46N2O. The summed E-state index contributed by atoms with van der Waals surface area (Å²) in [6.45, 7) is 5.12. The molecule has 1 heterocycles. The third-order valence-electron chi connectivity index (χ3n) is 6.38. The summed E-state index contributed by atoms with van der Waals surface area (Å²) in [4.78, 5) is 15.7. The van der Waals surface area contributed by atoms with Gasteiger partial charge < -0.3 is 10.3 Å². The van der Waals surface area contributed by atoms with Crippen molar-refractivity contribution in [2.45, 2.75) is 110 Å². The van der Waals surface area contributed by atoms with Gasteiger partial charge in [0.2, 0.25) is 5.91 Å². The van der Waals surface area contributed by atoms with Crippen LogP contribution >= 0.6 is 0 Å². The molecule has 2 rings (SSSR count). The normalized spacial score (nSPS) is 11.6. The van der Waals surface area contributed by atoms with E-state index in [1.165, 1.54) is 83.5 Å². The number of aromatic nitrogens is 1. The summed E-state index contributed by atoms with van der Waals surface area (Å²) in [5.41, 5.74) is 3.33. The van der Waals surface area contributed by atoms with Crippen LogP contribution in [0.4, 0.5) is 0 Å². The van der Waals surface area contributed by atoms with E-state index in [0.29, 0.717) is 6.42 Å². The number of fused-ring (bicyclic) bond motifs is 1. The molecule has 0 fully saturated rings. The Labute approximate surface area is 196 Å². The highest BCUT2D eigenvalue weighted by molar-refractivity contribution is 5.90. The third kappa shape index (κ3) is 10.5. The van der Waals surface area contributed by atoms with Gasteiger partial charge in [0.05, 0.1) is 6.42 Å². The van der Waals surface area contributed by atoms with Gasteiger partial charge in [-0.3, -0.25) is 4.79 Å². The van der Waals surface area contributed by atoms with Crippen LogP contribution in [0.25, 0.3) is 10.9 Å². The molecular weight excluding hydrogens is 392 g/mol. The lowest BCUT2D eigenvalue weighted by Crippen LogP contribution is -2.26. The number of rotatable bonds is 18. The van der Waals surface area contributed by atoms with Crippen molar-refractivity contribution < 1.29 is 4.79 Å². The zero-order valence-corrected chi connectivity index (χ0v) is 20.7. The molecule has 1 amide bonds. The fourth-order valence-electron chi connectivity index (χ4n) is 4.39. The summed E-state index contributed by atoms with van der Waals surface area (Å²) in [7, 11) is 0. The van der Waals surface area contributed by atoms with Gasteiger partial charge in [-0.05, 0) is 50.7 Å². The van der Waals surface area contributed by atoms with E-state index in [9.17, 15) is 4.79 Å². The van der Waals surface area contributed by atoms with Crippen LogP contribution in [0.2, 0.25) is 0 Å². The van der Waals surface area contributed by atoms with E-state index in [-0.39, 0.29) is 5.91 Å². The Morgan fingerprint density at radius 3 is 2.12 bits per heavy atom. The van der Waals surface area contributed by atoms with Gasteiger partial charge in [-0.15, -0.1) is 0 Å². The van der Waals surface area contributed by atoms with Gasteiger partial charge in [0, 0.05) is 23.1 Å². The van der Waals surface area contributed by atoms with Crippen LogP contribution in [0.3, 0.4) is 0 Å². The first kappa shape index (κ1) is 26.2. The first-order chi connectivity index (χ1) is 15.7. The second-order valence-electron chi connectivity index (χ2n) is 9.24. The van der Waals surface area contributed by atoms with Gasteiger partial charge in [-0.25, -0.2) is 0 Å². The number of para-hydroxylation sites is 1. The molecule has 0 saturated carbocycles. The number of aromatic amines is 1. The molecule has 0 radical (unpaired) electrons. The number of carbonyl (C=O) groups is 1. The Morgan fingerprint density at radius 2 is 1.44 bits per heavy atom. The number of H-pyrrole nitrogens is 1. The fourth-order valence-corrected chi connectivity index (χ4v) is 4.39. The minimum atomic E-state index is 0.130. The van der Waals surface area contributed by atoms with Gasteiger partial charge in [0.15, 0.2) is 0 Å². The van der Waals surface area contributed by atoms with Crippen LogP contribution in [0.1, 0.15) is 108 Å². The van der Waals surface area contributed by atoms with Crippen LogP contribution < -0.4 is 5.32 Å². The summed E-state index contributed by atoms with van der Waals surface area (Å²) < 4.78 is 0. The minimum Gasteiger partial charge on any atom is -0.358 e. The molecule has 1 aromatic heterocycles. The second kappa shape index (κ2) is 16.6. The standard InChI is InChI=1S/C29H46N2O/c1-3-4-5-6-7-8-9-10-11-12-13-14-15-16-17-20-23-30-29(32)24-27-25(2)31-28-22-19-18-21-26(27)28/h10-11,18-19,21-22,31H,3-9,12-17,20,23-24H2,1-2H3,(H,30,32)/b11-10-. The zero-order valence-electron chi connectivity index (χ0n) is 20.7. The van der Waals surface area contributed by atoms with E-state index >= 15 is 0 Å². The number of hydrogen-bond acceptors (Lipinski definition) is 1. The van der Waals surface area contributed by atoms with E-state index in [2.05, 4.69) is 41.5 Å². The summed E-state index contributed by atoms with van der Waals surface area (Å²) in [5, 5.41) is 4.26. The monoisotopic (exact) mass is 438 g/mol. The molecule has 178 valence electrons. The maximum absolute atomic E-state index is 12.3. The van der Waals surface area contributed by atoms with Gasteiger partial charge in [0.1, 0.15) is 0 Å². The van der Waals surface area contributed by atoms with Gasteiger partial charge in [-0.1, -0.05) is 95.1 Å². The molecule has 0 spiro atoms. The Morgan fingerprint density at radius 1 is 0.844 bits per heavy atom. The highest BCUT2D eigenvalue weighted by atomic mass is 16.1. The molecule has 2 N–H and O–H groups in total. The molecule has 0 aliphatic heterocycles. The van der Waals surface area contributed by atoms with Crippen LogP contribution in [0.15, 0.2) is 36.4 Å². The zero-order chi connectivity index (χ0) is 22.9. The first-order valence-corrected chi connectivity index (χ1v) is 13.2. The number of hydrogen-bond donors (Lipinski definition) is 2. The van der Waals surface area contributed by atoms with Crippen LogP contribution in [-0.4, -0.2) is 17.4 Å². The van der Waals surface area contributed by atoms with Crippen LogP contribution in [-0.2, 0) is 11.2 Å². The number of amides is 1. The SMILES string of the molecule is CCCCCCCC/C=C\CCCCCCCCNC(=O)Cc1c(C)[nH]c2ccccc12. The number of unbranched alkanes of at least 4 members (excludes halogenated alkanes) is 12. The van der Waals surface area contributed by atoms with Crippen molar-refractivity contribution in [3.05, 3.63) is 47.7 Å². The lowest BCUT2D eigenvalue weighted by atomic mass is 10.1. The third-order valence-corrected chi connectivity index (χ3v) is 6.38. The molecule has 32 heavy (non-hydrogen) atoms. The predicted molar refractivity (Wildman–Crippen MR) is 139 cm³/mol. The molecule has 1 aromatic carbocycles. The van der Waals surface area contributed by atoms with Crippen LogP contribution in [0.5, 0.6) is 0 Å². The number of nitrogens with one attached hydrogen (secondary N) is 2. The summed E-state index contributed by atoms with van der Waals surface area (Å²) in [6, 6.07) is 8.21. The number of allylic oxidation sites excluding steroid dienone is 2. The maximum atomic E-state index is 12.3. The van der Waals surface area contributed by atoms with Crippen molar-refractivity contribution in [1.29, 1.82) is 0 Å².